The summed E-state index contributed by atoms with van der Waals surface area (Å²) in [6, 6.07) is 14.9. The first-order valence-corrected chi connectivity index (χ1v) is 8.19. The topological polar surface area (TPSA) is 32.5 Å². The van der Waals surface area contributed by atoms with Crippen molar-refractivity contribution in [2.45, 2.75) is 0 Å². The van der Waals surface area contributed by atoms with Gasteiger partial charge in [0, 0.05) is 37.3 Å². The molecule has 0 atom stereocenters. The number of benzene rings is 2. The maximum absolute atomic E-state index is 5.40. The quantitative estimate of drug-likeness (QED) is 0.694. The Hall–Kier alpha value is -2.77. The van der Waals surface area contributed by atoms with E-state index in [0.29, 0.717) is 0 Å². The number of piperazine rings is 1. The molecular weight excluding hydrogens is 298 g/mol. The SMILES string of the molecule is C#CCN1CCN(c2cccc(-c3ccc4cnoc4c3)c2)CC1. The zero-order valence-electron chi connectivity index (χ0n) is 13.5. The number of aromatic nitrogens is 1. The highest BCUT2D eigenvalue weighted by Crippen LogP contribution is 2.28. The van der Waals surface area contributed by atoms with E-state index in [1.807, 2.05) is 12.1 Å². The third kappa shape index (κ3) is 2.86. The van der Waals surface area contributed by atoms with Crippen LogP contribution in [0.15, 0.2) is 53.2 Å². The number of hydrogen-bond donors (Lipinski definition) is 0. The molecule has 4 nitrogen and oxygen atoms in total. The Morgan fingerprint density at radius 3 is 2.71 bits per heavy atom. The normalized spacial score (nSPS) is 15.5. The molecule has 0 bridgehead atoms. The van der Waals surface area contributed by atoms with E-state index < -0.39 is 0 Å². The first-order valence-electron chi connectivity index (χ1n) is 8.19. The van der Waals surface area contributed by atoms with Crippen LogP contribution < -0.4 is 4.90 Å². The predicted molar refractivity (Wildman–Crippen MR) is 96.9 cm³/mol. The van der Waals surface area contributed by atoms with Gasteiger partial charge in [-0.25, -0.2) is 0 Å². The molecule has 2 heterocycles. The molecule has 3 aromatic rings. The lowest BCUT2D eigenvalue weighted by atomic mass is 10.0. The van der Waals surface area contributed by atoms with E-state index in [0.717, 1.165) is 49.3 Å². The molecule has 24 heavy (non-hydrogen) atoms. The Morgan fingerprint density at radius 2 is 1.88 bits per heavy atom. The van der Waals surface area contributed by atoms with E-state index >= 15 is 0 Å². The standard InChI is InChI=1S/C20H19N3O/c1-2-8-22-9-11-23(12-10-22)19-5-3-4-16(13-19)17-6-7-18-15-21-24-20(18)14-17/h1,3-7,13-15H,8-12H2. The summed E-state index contributed by atoms with van der Waals surface area (Å²) in [5.74, 6) is 2.73. The van der Waals surface area contributed by atoms with Crippen LogP contribution in [0.25, 0.3) is 22.1 Å². The van der Waals surface area contributed by atoms with Crippen molar-refractivity contribution in [3.05, 3.63) is 48.7 Å². The number of hydrogen-bond acceptors (Lipinski definition) is 4. The Balaban J connectivity index is 1.56. The number of nitrogens with zero attached hydrogens (tertiary/aromatic N) is 3. The Bertz CT molecular complexity index is 885. The lowest BCUT2D eigenvalue weighted by Gasteiger charge is -2.35. The molecule has 2 aromatic carbocycles. The van der Waals surface area contributed by atoms with Gasteiger partial charge in [-0.2, -0.15) is 0 Å². The molecule has 0 radical (unpaired) electrons. The van der Waals surface area contributed by atoms with Crippen LogP contribution in [0.5, 0.6) is 0 Å². The largest absolute Gasteiger partial charge is 0.369 e. The fraction of sp³-hybridized carbons (Fsp3) is 0.250. The molecule has 1 aliphatic heterocycles. The minimum absolute atomic E-state index is 0.741. The van der Waals surface area contributed by atoms with Gasteiger partial charge in [0.25, 0.3) is 0 Å². The molecule has 0 amide bonds. The van der Waals surface area contributed by atoms with Crippen molar-refractivity contribution in [2.75, 3.05) is 37.6 Å². The highest BCUT2D eigenvalue weighted by atomic mass is 16.5. The molecule has 4 rings (SSSR count). The van der Waals surface area contributed by atoms with Crippen LogP contribution in [0, 0.1) is 12.3 Å². The lowest BCUT2D eigenvalue weighted by molar-refractivity contribution is 0.288. The van der Waals surface area contributed by atoms with Gasteiger partial charge in [-0.05, 0) is 35.4 Å². The molecule has 4 heteroatoms. The van der Waals surface area contributed by atoms with Gasteiger partial charge < -0.3 is 9.42 Å². The monoisotopic (exact) mass is 317 g/mol. The van der Waals surface area contributed by atoms with Crippen molar-refractivity contribution >= 4 is 16.7 Å². The number of rotatable bonds is 3. The van der Waals surface area contributed by atoms with E-state index in [-0.39, 0.29) is 0 Å². The molecule has 1 aliphatic rings. The highest BCUT2D eigenvalue weighted by Gasteiger charge is 2.16. The molecule has 0 spiro atoms. The molecule has 0 aliphatic carbocycles. The van der Waals surface area contributed by atoms with Crippen molar-refractivity contribution in [2.24, 2.45) is 0 Å². The van der Waals surface area contributed by atoms with Crippen LogP contribution in [0.2, 0.25) is 0 Å². The zero-order valence-corrected chi connectivity index (χ0v) is 13.5. The van der Waals surface area contributed by atoms with Crippen LogP contribution >= 0.6 is 0 Å². The lowest BCUT2D eigenvalue weighted by Crippen LogP contribution is -2.46. The summed E-state index contributed by atoms with van der Waals surface area (Å²) in [4.78, 5) is 4.74. The molecule has 120 valence electrons. The van der Waals surface area contributed by atoms with Gasteiger partial charge in [0.2, 0.25) is 0 Å². The highest BCUT2D eigenvalue weighted by molar-refractivity contribution is 5.83. The fourth-order valence-electron chi connectivity index (χ4n) is 3.22. The molecular formula is C20H19N3O. The average Bonchev–Trinajstić information content (AvgIpc) is 3.10. The summed E-state index contributed by atoms with van der Waals surface area (Å²) in [5.41, 5.74) is 4.41. The molecule has 1 saturated heterocycles. The van der Waals surface area contributed by atoms with Crippen LogP contribution in [-0.4, -0.2) is 42.8 Å². The average molecular weight is 317 g/mol. The van der Waals surface area contributed by atoms with Gasteiger partial charge in [-0.1, -0.05) is 29.3 Å². The maximum Gasteiger partial charge on any atom is 0.167 e. The van der Waals surface area contributed by atoms with Crippen LogP contribution in [-0.2, 0) is 0 Å². The van der Waals surface area contributed by atoms with Crippen LogP contribution in [0.1, 0.15) is 0 Å². The first kappa shape index (κ1) is 14.8. The summed E-state index contributed by atoms with van der Waals surface area (Å²) in [7, 11) is 0. The van der Waals surface area contributed by atoms with Gasteiger partial charge in [-0.3, -0.25) is 4.90 Å². The summed E-state index contributed by atoms with van der Waals surface area (Å²) in [6.07, 6.45) is 7.14. The minimum Gasteiger partial charge on any atom is -0.369 e. The van der Waals surface area contributed by atoms with Crippen molar-refractivity contribution in [3.8, 4) is 23.5 Å². The van der Waals surface area contributed by atoms with Crippen molar-refractivity contribution in [3.63, 3.8) is 0 Å². The Labute approximate surface area is 141 Å². The molecule has 1 fully saturated rings. The summed E-state index contributed by atoms with van der Waals surface area (Å²) < 4.78 is 5.28. The second kappa shape index (κ2) is 6.38. The smallest absolute Gasteiger partial charge is 0.167 e. The van der Waals surface area contributed by atoms with E-state index in [1.54, 1.807) is 6.20 Å². The third-order valence-electron chi connectivity index (χ3n) is 4.59. The molecule has 0 saturated carbocycles. The van der Waals surface area contributed by atoms with Gasteiger partial charge in [0.1, 0.15) is 0 Å². The molecule has 1 aromatic heterocycles. The second-order valence-corrected chi connectivity index (χ2v) is 6.10. The van der Waals surface area contributed by atoms with E-state index in [9.17, 15) is 0 Å². The van der Waals surface area contributed by atoms with Gasteiger partial charge in [0.15, 0.2) is 5.58 Å². The Kier molecular flexibility index (Phi) is 3.94. The number of terminal acetylenes is 1. The number of anilines is 1. The second-order valence-electron chi connectivity index (χ2n) is 6.10. The zero-order chi connectivity index (χ0) is 16.4. The molecule has 0 N–H and O–H groups in total. The van der Waals surface area contributed by atoms with Gasteiger partial charge in [-0.15, -0.1) is 6.42 Å². The van der Waals surface area contributed by atoms with E-state index in [1.165, 1.54) is 11.3 Å². The van der Waals surface area contributed by atoms with E-state index in [2.05, 4.69) is 51.2 Å². The Morgan fingerprint density at radius 1 is 1.04 bits per heavy atom. The minimum atomic E-state index is 0.741. The maximum atomic E-state index is 5.40. The van der Waals surface area contributed by atoms with Gasteiger partial charge >= 0.3 is 0 Å². The van der Waals surface area contributed by atoms with Crippen molar-refractivity contribution in [1.82, 2.24) is 10.1 Å². The van der Waals surface area contributed by atoms with Crippen LogP contribution in [0.4, 0.5) is 5.69 Å². The van der Waals surface area contributed by atoms with E-state index in [4.69, 9.17) is 10.9 Å². The number of fused-ring (bicyclic) bond motifs is 1. The van der Waals surface area contributed by atoms with Crippen molar-refractivity contribution < 1.29 is 4.52 Å². The van der Waals surface area contributed by atoms with Crippen LogP contribution in [0.3, 0.4) is 0 Å². The van der Waals surface area contributed by atoms with Gasteiger partial charge in [0.05, 0.1) is 12.7 Å². The summed E-state index contributed by atoms with van der Waals surface area (Å²) in [6.45, 7) is 4.78. The summed E-state index contributed by atoms with van der Waals surface area (Å²) >= 11 is 0. The summed E-state index contributed by atoms with van der Waals surface area (Å²) in [5, 5.41) is 4.87. The fourth-order valence-corrected chi connectivity index (χ4v) is 3.22. The predicted octanol–water partition coefficient (Wildman–Crippen LogP) is 3.25. The molecule has 0 unspecified atom stereocenters. The third-order valence-corrected chi connectivity index (χ3v) is 4.59. The van der Waals surface area contributed by atoms with Crippen molar-refractivity contribution in [1.29, 1.82) is 0 Å². The first-order chi connectivity index (χ1) is 11.8.